The maximum absolute atomic E-state index is 4.41. The Morgan fingerprint density at radius 3 is 2.58 bits per heavy atom. The van der Waals surface area contributed by atoms with Crippen molar-refractivity contribution in [1.82, 2.24) is 25.4 Å². The number of aromatic nitrogens is 3. The van der Waals surface area contributed by atoms with E-state index in [2.05, 4.69) is 56.9 Å². The molecule has 0 atom stereocenters. The van der Waals surface area contributed by atoms with E-state index in [0.717, 1.165) is 23.1 Å². The number of hydrogen-bond acceptors (Lipinski definition) is 4. The quantitative estimate of drug-likeness (QED) is 0.321. The first-order valence-electron chi connectivity index (χ1n) is 8.25. The Labute approximate surface area is 174 Å². The standard InChI is InChI=1S/C18H22N6S.HI/c1-3-16-12-20-17(25-16)13-22-18(19-2)21-11-14-5-7-15(8-6-14)24-10-4-9-23-24;/h4-10,12H,3,11,13H2,1-2H3,(H2,19,21,22);1H. The predicted molar refractivity (Wildman–Crippen MR) is 118 cm³/mol. The first-order valence-corrected chi connectivity index (χ1v) is 9.07. The molecule has 1 aromatic carbocycles. The van der Waals surface area contributed by atoms with E-state index in [9.17, 15) is 0 Å². The summed E-state index contributed by atoms with van der Waals surface area (Å²) in [4.78, 5) is 9.97. The van der Waals surface area contributed by atoms with E-state index in [1.54, 1.807) is 24.6 Å². The fraction of sp³-hybridized carbons (Fsp3) is 0.278. The van der Waals surface area contributed by atoms with E-state index in [-0.39, 0.29) is 24.0 Å². The number of nitrogens with zero attached hydrogens (tertiary/aromatic N) is 4. The first-order chi connectivity index (χ1) is 12.3. The minimum absolute atomic E-state index is 0. The molecule has 8 heteroatoms. The summed E-state index contributed by atoms with van der Waals surface area (Å²) in [7, 11) is 1.77. The molecule has 2 N–H and O–H groups in total. The first kappa shape index (κ1) is 20.4. The molecule has 0 radical (unpaired) electrons. The second kappa shape index (κ2) is 10.3. The van der Waals surface area contributed by atoms with Crippen LogP contribution in [0.4, 0.5) is 0 Å². The van der Waals surface area contributed by atoms with Gasteiger partial charge in [0, 0.05) is 37.1 Å². The Bertz CT molecular complexity index is 811. The van der Waals surface area contributed by atoms with Crippen LogP contribution in [0.25, 0.3) is 5.69 Å². The van der Waals surface area contributed by atoms with Crippen molar-refractivity contribution in [3.8, 4) is 5.69 Å². The summed E-state index contributed by atoms with van der Waals surface area (Å²) in [6, 6.07) is 10.2. The second-order valence-electron chi connectivity index (χ2n) is 5.47. The van der Waals surface area contributed by atoms with E-state index >= 15 is 0 Å². The Morgan fingerprint density at radius 2 is 1.96 bits per heavy atom. The highest BCUT2D eigenvalue weighted by Crippen LogP contribution is 2.12. The van der Waals surface area contributed by atoms with Gasteiger partial charge in [-0.25, -0.2) is 9.67 Å². The van der Waals surface area contributed by atoms with Crippen molar-refractivity contribution in [2.45, 2.75) is 26.4 Å². The van der Waals surface area contributed by atoms with Crippen LogP contribution in [0.3, 0.4) is 0 Å². The van der Waals surface area contributed by atoms with Crippen molar-refractivity contribution < 1.29 is 0 Å². The molecule has 6 nitrogen and oxygen atoms in total. The van der Waals surface area contributed by atoms with Gasteiger partial charge in [-0.1, -0.05) is 19.1 Å². The summed E-state index contributed by atoms with van der Waals surface area (Å²) in [5.74, 6) is 0.768. The Balaban J connectivity index is 0.00000243. The average molecular weight is 482 g/mol. The van der Waals surface area contributed by atoms with E-state index in [4.69, 9.17) is 0 Å². The van der Waals surface area contributed by atoms with Gasteiger partial charge >= 0.3 is 0 Å². The zero-order valence-corrected chi connectivity index (χ0v) is 18.0. The van der Waals surface area contributed by atoms with Crippen LogP contribution in [0, 0.1) is 0 Å². The maximum Gasteiger partial charge on any atom is 0.191 e. The number of rotatable bonds is 6. The molecule has 3 aromatic rings. The van der Waals surface area contributed by atoms with Gasteiger partial charge in [0.05, 0.1) is 12.2 Å². The fourth-order valence-corrected chi connectivity index (χ4v) is 3.15. The molecule has 0 unspecified atom stereocenters. The number of benzene rings is 1. The van der Waals surface area contributed by atoms with Gasteiger partial charge < -0.3 is 10.6 Å². The van der Waals surface area contributed by atoms with E-state index in [0.29, 0.717) is 13.1 Å². The molecule has 0 aliphatic heterocycles. The van der Waals surface area contributed by atoms with Gasteiger partial charge in [0.1, 0.15) is 5.01 Å². The van der Waals surface area contributed by atoms with Crippen molar-refractivity contribution in [2.75, 3.05) is 7.05 Å². The molecule has 2 aromatic heterocycles. The highest BCUT2D eigenvalue weighted by molar-refractivity contribution is 14.0. The zero-order chi connectivity index (χ0) is 17.5. The number of guanidine groups is 1. The summed E-state index contributed by atoms with van der Waals surface area (Å²) in [6.45, 7) is 3.53. The van der Waals surface area contributed by atoms with Gasteiger partial charge in [0.2, 0.25) is 0 Å². The molecule has 0 aliphatic carbocycles. The third kappa shape index (κ3) is 5.53. The summed E-state index contributed by atoms with van der Waals surface area (Å²) < 4.78 is 1.84. The summed E-state index contributed by atoms with van der Waals surface area (Å²) in [6.07, 6.45) is 6.68. The van der Waals surface area contributed by atoms with Crippen LogP contribution in [0.15, 0.2) is 53.9 Å². The Kier molecular flexibility index (Phi) is 8.05. The summed E-state index contributed by atoms with van der Waals surface area (Å²) >= 11 is 1.74. The molecule has 3 rings (SSSR count). The highest BCUT2D eigenvalue weighted by atomic mass is 127. The van der Waals surface area contributed by atoms with Crippen molar-refractivity contribution >= 4 is 41.3 Å². The number of halogens is 1. The molecule has 0 saturated heterocycles. The Morgan fingerprint density at radius 1 is 1.19 bits per heavy atom. The highest BCUT2D eigenvalue weighted by Gasteiger charge is 2.03. The maximum atomic E-state index is 4.41. The lowest BCUT2D eigenvalue weighted by atomic mass is 10.2. The van der Waals surface area contributed by atoms with Crippen LogP contribution in [-0.2, 0) is 19.5 Å². The molecule has 0 amide bonds. The zero-order valence-electron chi connectivity index (χ0n) is 14.8. The molecule has 0 saturated carbocycles. The molecular formula is C18H23IN6S. The van der Waals surface area contributed by atoms with Crippen LogP contribution in [0.2, 0.25) is 0 Å². The average Bonchev–Trinajstić information content (AvgIpc) is 3.34. The van der Waals surface area contributed by atoms with Crippen molar-refractivity contribution in [2.24, 2.45) is 4.99 Å². The van der Waals surface area contributed by atoms with Crippen LogP contribution < -0.4 is 10.6 Å². The predicted octanol–water partition coefficient (Wildman–Crippen LogP) is 3.37. The smallest absolute Gasteiger partial charge is 0.191 e. The van der Waals surface area contributed by atoms with Crippen molar-refractivity contribution in [3.63, 3.8) is 0 Å². The van der Waals surface area contributed by atoms with E-state index < -0.39 is 0 Å². The van der Waals surface area contributed by atoms with E-state index in [1.807, 2.05) is 23.1 Å². The van der Waals surface area contributed by atoms with Crippen LogP contribution >= 0.6 is 35.3 Å². The Hall–Kier alpha value is -1.94. The molecule has 0 aliphatic rings. The molecule has 26 heavy (non-hydrogen) atoms. The van der Waals surface area contributed by atoms with Gasteiger partial charge in [-0.3, -0.25) is 4.99 Å². The van der Waals surface area contributed by atoms with Crippen LogP contribution in [0.1, 0.15) is 22.4 Å². The van der Waals surface area contributed by atoms with Crippen LogP contribution in [0.5, 0.6) is 0 Å². The number of aliphatic imine (C=N–C) groups is 1. The summed E-state index contributed by atoms with van der Waals surface area (Å²) in [5.41, 5.74) is 2.23. The van der Waals surface area contributed by atoms with Gasteiger partial charge in [-0.05, 0) is 30.2 Å². The topological polar surface area (TPSA) is 67.1 Å². The normalized spacial score (nSPS) is 11.1. The summed E-state index contributed by atoms with van der Waals surface area (Å²) in [5, 5.41) is 11.9. The van der Waals surface area contributed by atoms with Crippen molar-refractivity contribution in [3.05, 3.63) is 64.4 Å². The monoisotopic (exact) mass is 482 g/mol. The lowest BCUT2D eigenvalue weighted by Gasteiger charge is -2.11. The SMILES string of the molecule is CCc1cnc(CNC(=NC)NCc2ccc(-n3cccn3)cc2)s1.I. The molecule has 2 heterocycles. The fourth-order valence-electron chi connectivity index (χ4n) is 2.35. The largest absolute Gasteiger partial charge is 0.352 e. The van der Waals surface area contributed by atoms with E-state index in [1.165, 1.54) is 10.4 Å². The third-order valence-electron chi connectivity index (χ3n) is 3.75. The van der Waals surface area contributed by atoms with Gasteiger partial charge in [-0.15, -0.1) is 35.3 Å². The van der Waals surface area contributed by atoms with Gasteiger partial charge in [0.25, 0.3) is 0 Å². The molecule has 0 spiro atoms. The van der Waals surface area contributed by atoms with Crippen LogP contribution in [-0.4, -0.2) is 27.8 Å². The molecule has 138 valence electrons. The van der Waals surface area contributed by atoms with Gasteiger partial charge in [0.15, 0.2) is 5.96 Å². The number of aryl methyl sites for hydroxylation is 1. The molecular weight excluding hydrogens is 459 g/mol. The minimum Gasteiger partial charge on any atom is -0.352 e. The number of nitrogens with one attached hydrogen (secondary N) is 2. The lowest BCUT2D eigenvalue weighted by Crippen LogP contribution is -2.36. The second-order valence-corrected chi connectivity index (χ2v) is 6.67. The third-order valence-corrected chi connectivity index (χ3v) is 4.89. The minimum atomic E-state index is 0. The number of thiazole rings is 1. The molecule has 0 fully saturated rings. The number of hydrogen-bond donors (Lipinski definition) is 2. The lowest BCUT2D eigenvalue weighted by molar-refractivity contribution is 0.804. The molecule has 0 bridgehead atoms. The van der Waals surface area contributed by atoms with Crippen molar-refractivity contribution in [1.29, 1.82) is 0 Å². The van der Waals surface area contributed by atoms with Gasteiger partial charge in [-0.2, -0.15) is 5.10 Å².